The third-order valence-corrected chi connectivity index (χ3v) is 2.26. The van der Waals surface area contributed by atoms with Gasteiger partial charge in [0.2, 0.25) is 5.91 Å². The van der Waals surface area contributed by atoms with Gasteiger partial charge in [-0.2, -0.15) is 5.26 Å². The van der Waals surface area contributed by atoms with Gasteiger partial charge in [-0.1, -0.05) is 0 Å². The van der Waals surface area contributed by atoms with Crippen LogP contribution in [0, 0.1) is 17.2 Å². The lowest BCUT2D eigenvalue weighted by Crippen LogP contribution is -2.40. The number of carbonyl (C=O) groups excluding carboxylic acids is 1. The highest BCUT2D eigenvalue weighted by atomic mass is 35.5. The highest BCUT2D eigenvalue weighted by Gasteiger charge is 2.26. The molecule has 1 aliphatic heterocycles. The third kappa shape index (κ3) is 2.87. The number of hydrogen-bond donors (Lipinski definition) is 1. The van der Waals surface area contributed by atoms with Crippen LogP contribution in [0.1, 0.15) is 6.42 Å². The first-order valence-corrected chi connectivity index (χ1v) is 4.64. The second kappa shape index (κ2) is 5.05. The number of hydrogen-bond acceptors (Lipinski definition) is 3. The quantitative estimate of drug-likeness (QED) is 0.669. The standard InChI is InChI=1S/C8H11ClN2O2/c9-3-8(12)11-7(4-10)6-1-2-13-5-6/h6-7H,1-3,5H2,(H,11,12). The molecule has 72 valence electrons. The zero-order valence-electron chi connectivity index (χ0n) is 7.12. The number of nitrogens with one attached hydrogen (secondary N) is 1. The maximum absolute atomic E-state index is 10.9. The van der Waals surface area contributed by atoms with E-state index in [0.29, 0.717) is 13.2 Å². The molecule has 1 N–H and O–H groups in total. The van der Waals surface area contributed by atoms with E-state index in [1.165, 1.54) is 0 Å². The zero-order chi connectivity index (χ0) is 9.68. The van der Waals surface area contributed by atoms with Crippen LogP contribution < -0.4 is 5.32 Å². The number of rotatable bonds is 3. The number of nitrogens with zero attached hydrogens (tertiary/aromatic N) is 1. The average molecular weight is 203 g/mol. The summed E-state index contributed by atoms with van der Waals surface area (Å²) in [5.74, 6) is -0.302. The van der Waals surface area contributed by atoms with Crippen LogP contribution in [0.3, 0.4) is 0 Å². The lowest BCUT2D eigenvalue weighted by Gasteiger charge is -2.15. The molecule has 13 heavy (non-hydrogen) atoms. The summed E-state index contributed by atoms with van der Waals surface area (Å²) in [6.45, 7) is 1.21. The molecular formula is C8H11ClN2O2. The van der Waals surface area contributed by atoms with Crippen LogP contribution in [0.2, 0.25) is 0 Å². The van der Waals surface area contributed by atoms with Crippen molar-refractivity contribution in [1.82, 2.24) is 5.32 Å². The van der Waals surface area contributed by atoms with Crippen molar-refractivity contribution in [2.45, 2.75) is 12.5 Å². The second-order valence-electron chi connectivity index (χ2n) is 2.93. The van der Waals surface area contributed by atoms with Gasteiger partial charge >= 0.3 is 0 Å². The van der Waals surface area contributed by atoms with Gasteiger partial charge in [-0.25, -0.2) is 0 Å². The molecule has 0 aromatic heterocycles. The van der Waals surface area contributed by atoms with Crippen LogP contribution in [-0.4, -0.2) is 31.0 Å². The molecule has 0 bridgehead atoms. The number of ether oxygens (including phenoxy) is 1. The monoisotopic (exact) mass is 202 g/mol. The summed E-state index contributed by atoms with van der Waals surface area (Å²) in [7, 11) is 0. The minimum absolute atomic E-state index is 0.105. The van der Waals surface area contributed by atoms with Crippen molar-refractivity contribution in [3.63, 3.8) is 0 Å². The summed E-state index contributed by atoms with van der Waals surface area (Å²) >= 11 is 5.31. The molecule has 0 saturated carbocycles. The molecule has 1 aliphatic rings. The fourth-order valence-corrected chi connectivity index (χ4v) is 1.36. The van der Waals surface area contributed by atoms with Gasteiger partial charge in [-0.05, 0) is 6.42 Å². The zero-order valence-corrected chi connectivity index (χ0v) is 7.88. The summed E-state index contributed by atoms with van der Waals surface area (Å²) in [6, 6.07) is 1.57. The Morgan fingerprint density at radius 3 is 3.08 bits per heavy atom. The Kier molecular flexibility index (Phi) is 4.00. The lowest BCUT2D eigenvalue weighted by atomic mass is 10.0. The maximum Gasteiger partial charge on any atom is 0.235 e. The molecule has 0 radical (unpaired) electrons. The molecule has 1 saturated heterocycles. The van der Waals surface area contributed by atoms with E-state index in [2.05, 4.69) is 5.32 Å². The lowest BCUT2D eigenvalue weighted by molar-refractivity contribution is -0.119. The third-order valence-electron chi connectivity index (χ3n) is 2.01. The summed E-state index contributed by atoms with van der Waals surface area (Å²) < 4.78 is 5.12. The predicted molar refractivity (Wildman–Crippen MR) is 47.2 cm³/mol. The summed E-state index contributed by atoms with van der Waals surface area (Å²) in [6.07, 6.45) is 0.820. The van der Waals surface area contributed by atoms with E-state index in [9.17, 15) is 4.79 Å². The number of amides is 1. The van der Waals surface area contributed by atoms with Crippen molar-refractivity contribution in [3.05, 3.63) is 0 Å². The molecule has 1 amide bonds. The van der Waals surface area contributed by atoms with Crippen molar-refractivity contribution in [2.24, 2.45) is 5.92 Å². The van der Waals surface area contributed by atoms with Gasteiger partial charge in [-0.3, -0.25) is 4.79 Å². The molecular weight excluding hydrogens is 192 g/mol. The van der Waals surface area contributed by atoms with Gasteiger partial charge in [-0.15, -0.1) is 11.6 Å². The van der Waals surface area contributed by atoms with Crippen LogP contribution in [0.4, 0.5) is 0 Å². The van der Waals surface area contributed by atoms with Crippen LogP contribution in [0.15, 0.2) is 0 Å². The SMILES string of the molecule is N#CC(NC(=O)CCl)C1CCOC1. The molecule has 0 aromatic carbocycles. The Hall–Kier alpha value is -0.790. The van der Waals surface area contributed by atoms with Crippen molar-refractivity contribution in [1.29, 1.82) is 5.26 Å². The van der Waals surface area contributed by atoms with Crippen LogP contribution in [-0.2, 0) is 9.53 Å². The number of carbonyl (C=O) groups is 1. The Bertz CT molecular complexity index is 221. The number of alkyl halides is 1. The molecule has 1 rings (SSSR count). The second-order valence-corrected chi connectivity index (χ2v) is 3.20. The minimum atomic E-state index is -0.464. The predicted octanol–water partition coefficient (Wildman–Crippen LogP) is 0.270. The van der Waals surface area contributed by atoms with Gasteiger partial charge in [0.25, 0.3) is 0 Å². The van der Waals surface area contributed by atoms with E-state index in [4.69, 9.17) is 21.6 Å². The van der Waals surface area contributed by atoms with Crippen LogP contribution in [0.5, 0.6) is 0 Å². The Labute approximate surface area is 81.8 Å². The van der Waals surface area contributed by atoms with E-state index >= 15 is 0 Å². The van der Waals surface area contributed by atoms with Crippen LogP contribution in [0.25, 0.3) is 0 Å². The average Bonchev–Trinajstić information content (AvgIpc) is 2.66. The minimum Gasteiger partial charge on any atom is -0.381 e. The molecule has 1 heterocycles. The first-order chi connectivity index (χ1) is 6.27. The van der Waals surface area contributed by atoms with Crippen molar-refractivity contribution in [2.75, 3.05) is 19.1 Å². The molecule has 4 nitrogen and oxygen atoms in total. The molecule has 0 spiro atoms. The summed E-state index contributed by atoms with van der Waals surface area (Å²) in [4.78, 5) is 10.9. The van der Waals surface area contributed by atoms with E-state index in [-0.39, 0.29) is 17.7 Å². The molecule has 5 heteroatoms. The first-order valence-electron chi connectivity index (χ1n) is 4.10. The molecule has 2 atom stereocenters. The fourth-order valence-electron chi connectivity index (χ4n) is 1.28. The van der Waals surface area contributed by atoms with E-state index in [0.717, 1.165) is 6.42 Å². The smallest absolute Gasteiger partial charge is 0.235 e. The van der Waals surface area contributed by atoms with Gasteiger partial charge in [0.05, 0.1) is 12.7 Å². The Balaban J connectivity index is 2.43. The van der Waals surface area contributed by atoms with E-state index in [1.54, 1.807) is 0 Å². The molecule has 0 aliphatic carbocycles. The normalized spacial score (nSPS) is 23.5. The molecule has 2 unspecified atom stereocenters. The molecule has 0 aromatic rings. The number of halogens is 1. The van der Waals surface area contributed by atoms with Gasteiger partial charge in [0, 0.05) is 12.5 Å². The fraction of sp³-hybridized carbons (Fsp3) is 0.750. The van der Waals surface area contributed by atoms with Gasteiger partial charge < -0.3 is 10.1 Å². The van der Waals surface area contributed by atoms with Crippen molar-refractivity contribution in [3.8, 4) is 6.07 Å². The Morgan fingerprint density at radius 1 is 1.85 bits per heavy atom. The topological polar surface area (TPSA) is 62.1 Å². The van der Waals surface area contributed by atoms with Crippen LogP contribution >= 0.6 is 11.6 Å². The Morgan fingerprint density at radius 2 is 2.62 bits per heavy atom. The van der Waals surface area contributed by atoms with Crippen molar-refractivity contribution < 1.29 is 9.53 Å². The first kappa shape index (κ1) is 10.3. The van der Waals surface area contributed by atoms with Crippen molar-refractivity contribution >= 4 is 17.5 Å². The maximum atomic E-state index is 10.9. The number of nitriles is 1. The highest BCUT2D eigenvalue weighted by molar-refractivity contribution is 6.27. The van der Waals surface area contributed by atoms with E-state index in [1.807, 2.05) is 6.07 Å². The largest absolute Gasteiger partial charge is 0.381 e. The summed E-state index contributed by atoms with van der Waals surface area (Å²) in [5, 5.41) is 11.3. The van der Waals surface area contributed by atoms with Gasteiger partial charge in [0.1, 0.15) is 11.9 Å². The molecule has 1 fully saturated rings. The van der Waals surface area contributed by atoms with E-state index < -0.39 is 6.04 Å². The highest BCUT2D eigenvalue weighted by Crippen LogP contribution is 2.16. The van der Waals surface area contributed by atoms with Gasteiger partial charge in [0.15, 0.2) is 0 Å². The summed E-state index contributed by atoms with van der Waals surface area (Å²) in [5.41, 5.74) is 0.